The van der Waals surface area contributed by atoms with Crippen LogP contribution in [0.2, 0.25) is 13.1 Å². The number of azide groups is 1. The summed E-state index contributed by atoms with van der Waals surface area (Å²) in [7, 11) is -1.03. The van der Waals surface area contributed by atoms with Gasteiger partial charge in [-0.15, -0.1) is 0 Å². The summed E-state index contributed by atoms with van der Waals surface area (Å²) in [5.41, 5.74) is 7.37. The van der Waals surface area contributed by atoms with Crippen molar-refractivity contribution in [1.82, 2.24) is 0 Å². The lowest BCUT2D eigenvalue weighted by Crippen LogP contribution is -2.60. The Labute approximate surface area is 115 Å². The number of ether oxygens (including phenoxy) is 2. The Balaban J connectivity index is 3.07. The second-order valence-electron chi connectivity index (χ2n) is 6.21. The van der Waals surface area contributed by atoms with Crippen molar-refractivity contribution in [2.24, 2.45) is 5.11 Å². The van der Waals surface area contributed by atoms with E-state index in [4.69, 9.17) is 15.0 Å². The maximum atomic E-state index is 14.0. The molecule has 7 heteroatoms. The predicted octanol–water partition coefficient (Wildman–Crippen LogP) is 3.62. The van der Waals surface area contributed by atoms with Crippen LogP contribution in [0.15, 0.2) is 5.11 Å². The van der Waals surface area contributed by atoms with E-state index in [1.54, 1.807) is 6.92 Å². The highest BCUT2D eigenvalue weighted by Crippen LogP contribution is 2.38. The Kier molecular flexibility index (Phi) is 5.01. The first-order chi connectivity index (χ1) is 8.61. The lowest BCUT2D eigenvalue weighted by molar-refractivity contribution is -0.279. The second kappa shape index (κ2) is 5.79. The summed E-state index contributed by atoms with van der Waals surface area (Å²) in [5.74, 6) is 0. The van der Waals surface area contributed by atoms with Gasteiger partial charge in [-0.2, -0.15) is 0 Å². The number of alkyl halides is 1. The van der Waals surface area contributed by atoms with Crippen molar-refractivity contribution < 1.29 is 13.9 Å². The molecule has 1 saturated heterocycles. The molecule has 1 rings (SSSR count). The van der Waals surface area contributed by atoms with E-state index in [1.807, 2.05) is 20.8 Å². The largest absolute Gasteiger partial charge is 0.348 e. The van der Waals surface area contributed by atoms with Gasteiger partial charge in [-0.3, -0.25) is 0 Å². The van der Waals surface area contributed by atoms with E-state index >= 15 is 0 Å². The lowest BCUT2D eigenvalue weighted by atomic mass is 10.0. The zero-order chi connectivity index (χ0) is 14.8. The van der Waals surface area contributed by atoms with E-state index in [2.05, 4.69) is 23.1 Å². The Morgan fingerprint density at radius 1 is 1.47 bits per heavy atom. The molecule has 1 fully saturated rings. The summed E-state index contributed by atoms with van der Waals surface area (Å²) in [6, 6.07) is -0.726. The van der Waals surface area contributed by atoms with E-state index in [-0.39, 0.29) is 6.42 Å². The van der Waals surface area contributed by atoms with Gasteiger partial charge in [-0.1, -0.05) is 18.2 Å². The number of nitrogens with zero attached hydrogens (tertiary/aromatic N) is 3. The highest BCUT2D eigenvalue weighted by atomic mass is 28.3. The first-order valence-corrected chi connectivity index (χ1v) is 8.98. The van der Waals surface area contributed by atoms with Gasteiger partial charge in [0.1, 0.15) is 15.0 Å². The quantitative estimate of drug-likeness (QED) is 0.344. The van der Waals surface area contributed by atoms with Crippen molar-refractivity contribution >= 4 is 8.80 Å². The first kappa shape index (κ1) is 16.4. The molecule has 0 unspecified atom stereocenters. The van der Waals surface area contributed by atoms with Crippen LogP contribution >= 0.6 is 0 Å². The molecule has 0 aromatic rings. The van der Waals surface area contributed by atoms with Gasteiger partial charge in [0.15, 0.2) is 5.41 Å². The molecule has 0 amide bonds. The van der Waals surface area contributed by atoms with Crippen LogP contribution in [0.4, 0.5) is 4.39 Å². The number of hydrogen-bond donors (Lipinski definition) is 0. The standard InChI is InChI=1S/C12H23FN3O2Si/c1-8-10(13)9(15-16-14)7-12(17-8,19(5)6)18-11(2,3)4/h8-10H,7H2,1-6H3/t8-,9-,10+,12+/m0/s1. The molecule has 1 heterocycles. The smallest absolute Gasteiger partial charge is 0.150 e. The van der Waals surface area contributed by atoms with Crippen molar-refractivity contribution in [2.45, 2.75) is 76.5 Å². The molecular formula is C12H23FN3O2Si. The molecule has 1 radical (unpaired) electrons. The van der Waals surface area contributed by atoms with Crippen molar-refractivity contribution in [3.8, 4) is 0 Å². The molecule has 0 aliphatic carbocycles. The minimum atomic E-state index is -1.28. The summed E-state index contributed by atoms with van der Waals surface area (Å²) < 4.78 is 26.0. The summed E-state index contributed by atoms with van der Waals surface area (Å²) >= 11 is 0. The molecular weight excluding hydrogens is 265 g/mol. The predicted molar refractivity (Wildman–Crippen MR) is 74.0 cm³/mol. The molecule has 19 heavy (non-hydrogen) atoms. The minimum Gasteiger partial charge on any atom is -0.348 e. The van der Waals surface area contributed by atoms with E-state index < -0.39 is 38.1 Å². The summed E-state index contributed by atoms with van der Waals surface area (Å²) in [5, 5.41) is 3.58. The van der Waals surface area contributed by atoms with Crippen LogP contribution in [-0.4, -0.2) is 38.1 Å². The molecule has 5 nitrogen and oxygen atoms in total. The second-order valence-corrected chi connectivity index (χ2v) is 8.97. The van der Waals surface area contributed by atoms with Crippen LogP contribution in [0.1, 0.15) is 34.1 Å². The van der Waals surface area contributed by atoms with Gasteiger partial charge in [-0.05, 0) is 33.2 Å². The van der Waals surface area contributed by atoms with E-state index in [1.165, 1.54) is 0 Å². The number of halogens is 1. The van der Waals surface area contributed by atoms with Gasteiger partial charge < -0.3 is 9.47 Å². The summed E-state index contributed by atoms with van der Waals surface area (Å²) in [6.45, 7) is 11.6. The van der Waals surface area contributed by atoms with Gasteiger partial charge in [0.25, 0.3) is 0 Å². The first-order valence-electron chi connectivity index (χ1n) is 6.48. The van der Waals surface area contributed by atoms with Crippen LogP contribution in [0.25, 0.3) is 10.4 Å². The molecule has 0 aromatic heterocycles. The molecule has 0 bridgehead atoms. The molecule has 0 spiro atoms. The maximum Gasteiger partial charge on any atom is 0.150 e. The van der Waals surface area contributed by atoms with Crippen LogP contribution < -0.4 is 0 Å². The Bertz CT molecular complexity index is 368. The van der Waals surface area contributed by atoms with Crippen molar-refractivity contribution in [3.63, 3.8) is 0 Å². The number of hydrogen-bond acceptors (Lipinski definition) is 3. The molecule has 0 aromatic carbocycles. The zero-order valence-corrected chi connectivity index (χ0v) is 13.5. The Hall–Kier alpha value is -0.623. The summed E-state index contributed by atoms with van der Waals surface area (Å²) in [6.07, 6.45) is -1.64. The molecule has 109 valence electrons. The fourth-order valence-electron chi connectivity index (χ4n) is 2.27. The Morgan fingerprint density at radius 3 is 2.47 bits per heavy atom. The fourth-order valence-corrected chi connectivity index (χ4v) is 3.82. The average molecular weight is 288 g/mol. The van der Waals surface area contributed by atoms with Gasteiger partial charge >= 0.3 is 0 Å². The zero-order valence-electron chi connectivity index (χ0n) is 12.5. The molecule has 4 atom stereocenters. The highest BCUT2D eigenvalue weighted by molar-refractivity contribution is 6.58. The molecule has 1 aliphatic rings. The SMILES string of the molecule is C[C@@H]1O[C@](OC(C)(C)C)([Si](C)C)C[C@H](N=[N+]=[N-])[C@@H]1F. The van der Waals surface area contributed by atoms with E-state index in [9.17, 15) is 4.39 Å². The Morgan fingerprint density at radius 2 is 2.05 bits per heavy atom. The normalized spacial score (nSPS) is 36.1. The van der Waals surface area contributed by atoms with Crippen LogP contribution in [0.3, 0.4) is 0 Å². The van der Waals surface area contributed by atoms with Crippen LogP contribution in [0, 0.1) is 0 Å². The molecule has 0 saturated carbocycles. The van der Waals surface area contributed by atoms with Gasteiger partial charge in [0.2, 0.25) is 0 Å². The molecule has 0 N–H and O–H groups in total. The monoisotopic (exact) mass is 288 g/mol. The molecule has 1 aliphatic heterocycles. The van der Waals surface area contributed by atoms with Gasteiger partial charge in [0, 0.05) is 11.3 Å². The van der Waals surface area contributed by atoms with E-state index in [0.717, 1.165) is 0 Å². The van der Waals surface area contributed by atoms with Crippen molar-refractivity contribution in [3.05, 3.63) is 10.4 Å². The van der Waals surface area contributed by atoms with Crippen LogP contribution in [-0.2, 0) is 9.47 Å². The topological polar surface area (TPSA) is 67.2 Å². The number of rotatable bonds is 3. The fraction of sp³-hybridized carbons (Fsp3) is 1.00. The summed E-state index contributed by atoms with van der Waals surface area (Å²) in [4.78, 5) is 2.75. The van der Waals surface area contributed by atoms with E-state index in [0.29, 0.717) is 0 Å². The third kappa shape index (κ3) is 3.92. The van der Waals surface area contributed by atoms with Crippen LogP contribution in [0.5, 0.6) is 0 Å². The third-order valence-electron chi connectivity index (χ3n) is 3.10. The lowest BCUT2D eigenvalue weighted by Gasteiger charge is -2.48. The average Bonchev–Trinajstić information content (AvgIpc) is 2.23. The minimum absolute atomic E-state index is 0.279. The van der Waals surface area contributed by atoms with Gasteiger partial charge in [-0.25, -0.2) is 4.39 Å². The maximum absolute atomic E-state index is 14.0. The van der Waals surface area contributed by atoms with Gasteiger partial charge in [0.05, 0.1) is 17.7 Å². The highest BCUT2D eigenvalue weighted by Gasteiger charge is 2.50. The third-order valence-corrected chi connectivity index (χ3v) is 5.05. The van der Waals surface area contributed by atoms with Crippen molar-refractivity contribution in [2.75, 3.05) is 0 Å². The van der Waals surface area contributed by atoms with Crippen molar-refractivity contribution in [1.29, 1.82) is 0 Å².